The molecular weight excluding hydrogens is 246 g/mol. The van der Waals surface area contributed by atoms with E-state index in [1.165, 1.54) is 18.4 Å². The van der Waals surface area contributed by atoms with Crippen molar-refractivity contribution >= 4 is 11.6 Å². The Morgan fingerprint density at radius 3 is 2.61 bits per heavy atom. The molecule has 1 fully saturated rings. The van der Waals surface area contributed by atoms with Crippen LogP contribution in [0.5, 0.6) is 0 Å². The summed E-state index contributed by atoms with van der Waals surface area (Å²) in [6, 6.07) is 5.01. The Morgan fingerprint density at radius 2 is 2.06 bits per heavy atom. The van der Waals surface area contributed by atoms with Crippen molar-refractivity contribution in [1.82, 2.24) is 9.88 Å². The van der Waals surface area contributed by atoms with Crippen LogP contribution in [0.1, 0.15) is 38.2 Å². The van der Waals surface area contributed by atoms with Crippen LogP contribution in [0.4, 0.5) is 0 Å². The summed E-state index contributed by atoms with van der Waals surface area (Å²) in [5.41, 5.74) is 7.20. The highest BCUT2D eigenvalue weighted by atomic mass is 35.5. The second kappa shape index (κ2) is 6.50. The molecule has 3 nitrogen and oxygen atoms in total. The molecule has 2 rings (SSSR count). The number of rotatable bonds is 4. The lowest BCUT2D eigenvalue weighted by Gasteiger charge is -2.35. The second-order valence-corrected chi connectivity index (χ2v) is 5.51. The van der Waals surface area contributed by atoms with E-state index >= 15 is 0 Å². The molecule has 0 aromatic carbocycles. The summed E-state index contributed by atoms with van der Waals surface area (Å²) in [6.45, 7) is 4.25. The number of aromatic nitrogens is 1. The molecule has 0 amide bonds. The fourth-order valence-electron chi connectivity index (χ4n) is 2.70. The Balaban J connectivity index is 1.94. The molecule has 1 aromatic heterocycles. The van der Waals surface area contributed by atoms with Crippen molar-refractivity contribution in [3.8, 4) is 0 Å². The maximum absolute atomic E-state index is 5.96. The van der Waals surface area contributed by atoms with Crippen LogP contribution in [0, 0.1) is 0 Å². The molecule has 1 aromatic rings. The number of nitrogens with two attached hydrogens (primary N) is 1. The van der Waals surface area contributed by atoms with E-state index in [0.29, 0.717) is 17.2 Å². The van der Waals surface area contributed by atoms with Crippen molar-refractivity contribution in [2.75, 3.05) is 6.54 Å². The van der Waals surface area contributed by atoms with Gasteiger partial charge in [0.05, 0.1) is 0 Å². The molecule has 2 N–H and O–H groups in total. The molecule has 1 heterocycles. The average molecular weight is 268 g/mol. The standard InChI is InChI=1S/C14H22ClN3/c1-2-18(13-6-4-12(16)5-7-13)10-11-3-8-14(15)17-9-11/h3,8-9,12-13H,2,4-7,10,16H2,1H3. The van der Waals surface area contributed by atoms with Gasteiger partial charge in [-0.15, -0.1) is 0 Å². The predicted octanol–water partition coefficient (Wildman–Crippen LogP) is 2.83. The summed E-state index contributed by atoms with van der Waals surface area (Å²) in [4.78, 5) is 6.67. The molecule has 0 spiro atoms. The van der Waals surface area contributed by atoms with Gasteiger partial charge in [-0.1, -0.05) is 24.6 Å². The largest absolute Gasteiger partial charge is 0.328 e. The Labute approximate surface area is 114 Å². The van der Waals surface area contributed by atoms with Crippen LogP contribution in [0.3, 0.4) is 0 Å². The topological polar surface area (TPSA) is 42.2 Å². The lowest BCUT2D eigenvalue weighted by molar-refractivity contribution is 0.149. The molecule has 0 atom stereocenters. The first kappa shape index (κ1) is 13.8. The molecule has 0 unspecified atom stereocenters. The van der Waals surface area contributed by atoms with Crippen molar-refractivity contribution in [2.24, 2.45) is 5.73 Å². The highest BCUT2D eigenvalue weighted by Gasteiger charge is 2.23. The molecule has 1 saturated carbocycles. The minimum absolute atomic E-state index is 0.414. The fraction of sp³-hybridized carbons (Fsp3) is 0.643. The summed E-state index contributed by atoms with van der Waals surface area (Å²) in [7, 11) is 0. The van der Waals surface area contributed by atoms with Gasteiger partial charge in [-0.2, -0.15) is 0 Å². The molecule has 4 heteroatoms. The zero-order valence-electron chi connectivity index (χ0n) is 11.0. The number of hydrogen-bond acceptors (Lipinski definition) is 3. The highest BCUT2D eigenvalue weighted by molar-refractivity contribution is 6.29. The van der Waals surface area contributed by atoms with Gasteiger partial charge >= 0.3 is 0 Å². The van der Waals surface area contributed by atoms with Gasteiger partial charge in [0.25, 0.3) is 0 Å². The van der Waals surface area contributed by atoms with E-state index in [4.69, 9.17) is 17.3 Å². The van der Waals surface area contributed by atoms with Gasteiger partial charge in [-0.05, 0) is 43.9 Å². The van der Waals surface area contributed by atoms with Gasteiger partial charge in [0.15, 0.2) is 0 Å². The summed E-state index contributed by atoms with van der Waals surface area (Å²) in [5.74, 6) is 0. The van der Waals surface area contributed by atoms with Gasteiger partial charge in [-0.25, -0.2) is 4.98 Å². The Kier molecular flexibility index (Phi) is 4.98. The van der Waals surface area contributed by atoms with Crippen molar-refractivity contribution < 1.29 is 0 Å². The van der Waals surface area contributed by atoms with Crippen LogP contribution in [0.25, 0.3) is 0 Å². The normalized spacial score (nSPS) is 24.4. The van der Waals surface area contributed by atoms with Crippen LogP contribution in [0.2, 0.25) is 5.15 Å². The van der Waals surface area contributed by atoms with Crippen molar-refractivity contribution in [3.63, 3.8) is 0 Å². The number of pyridine rings is 1. The van der Waals surface area contributed by atoms with E-state index in [1.807, 2.05) is 12.3 Å². The molecule has 18 heavy (non-hydrogen) atoms. The van der Waals surface area contributed by atoms with Crippen LogP contribution in [-0.4, -0.2) is 28.5 Å². The Hall–Kier alpha value is -0.640. The van der Waals surface area contributed by atoms with Crippen molar-refractivity contribution in [2.45, 2.75) is 51.2 Å². The van der Waals surface area contributed by atoms with Crippen LogP contribution in [-0.2, 0) is 6.54 Å². The van der Waals surface area contributed by atoms with Gasteiger partial charge in [-0.3, -0.25) is 4.90 Å². The minimum atomic E-state index is 0.414. The van der Waals surface area contributed by atoms with E-state index in [1.54, 1.807) is 0 Å². The fourth-order valence-corrected chi connectivity index (χ4v) is 2.81. The van der Waals surface area contributed by atoms with Crippen LogP contribution < -0.4 is 5.73 Å². The monoisotopic (exact) mass is 267 g/mol. The Bertz CT molecular complexity index is 358. The summed E-state index contributed by atoms with van der Waals surface area (Å²) >= 11 is 5.81. The molecule has 100 valence electrons. The quantitative estimate of drug-likeness (QED) is 0.853. The van der Waals surface area contributed by atoms with Crippen molar-refractivity contribution in [1.29, 1.82) is 0 Å². The van der Waals surface area contributed by atoms with Gasteiger partial charge in [0, 0.05) is 24.8 Å². The molecule has 1 aliphatic rings. The summed E-state index contributed by atoms with van der Waals surface area (Å²) < 4.78 is 0. The van der Waals surface area contributed by atoms with Crippen LogP contribution in [0.15, 0.2) is 18.3 Å². The van der Waals surface area contributed by atoms with E-state index in [-0.39, 0.29) is 0 Å². The third-order valence-electron chi connectivity index (χ3n) is 3.84. The first-order chi connectivity index (χ1) is 8.69. The molecule has 0 aliphatic heterocycles. The lowest BCUT2D eigenvalue weighted by atomic mass is 9.90. The molecule has 1 aliphatic carbocycles. The van der Waals surface area contributed by atoms with E-state index in [0.717, 1.165) is 25.9 Å². The SMILES string of the molecule is CCN(Cc1ccc(Cl)nc1)C1CCC(N)CC1. The van der Waals surface area contributed by atoms with Gasteiger partial charge < -0.3 is 5.73 Å². The summed E-state index contributed by atoms with van der Waals surface area (Å²) in [6.07, 6.45) is 6.62. The zero-order valence-corrected chi connectivity index (χ0v) is 11.7. The third kappa shape index (κ3) is 3.67. The lowest BCUT2D eigenvalue weighted by Crippen LogP contribution is -2.40. The smallest absolute Gasteiger partial charge is 0.129 e. The van der Waals surface area contributed by atoms with Crippen LogP contribution >= 0.6 is 11.6 Å². The number of halogens is 1. The minimum Gasteiger partial charge on any atom is -0.328 e. The number of hydrogen-bond donors (Lipinski definition) is 1. The molecule has 0 radical (unpaired) electrons. The first-order valence-corrected chi connectivity index (χ1v) is 7.17. The molecule has 0 bridgehead atoms. The highest BCUT2D eigenvalue weighted by Crippen LogP contribution is 2.23. The van der Waals surface area contributed by atoms with Crippen molar-refractivity contribution in [3.05, 3.63) is 29.0 Å². The first-order valence-electron chi connectivity index (χ1n) is 6.79. The van der Waals surface area contributed by atoms with Gasteiger partial charge in [0.2, 0.25) is 0 Å². The zero-order chi connectivity index (χ0) is 13.0. The predicted molar refractivity (Wildman–Crippen MR) is 75.6 cm³/mol. The van der Waals surface area contributed by atoms with E-state index in [9.17, 15) is 0 Å². The Morgan fingerprint density at radius 1 is 1.33 bits per heavy atom. The molecular formula is C14H22ClN3. The third-order valence-corrected chi connectivity index (χ3v) is 4.06. The molecule has 0 saturated heterocycles. The maximum atomic E-state index is 5.96. The number of nitrogens with zero attached hydrogens (tertiary/aromatic N) is 2. The maximum Gasteiger partial charge on any atom is 0.129 e. The summed E-state index contributed by atoms with van der Waals surface area (Å²) in [5, 5.41) is 0.561. The van der Waals surface area contributed by atoms with E-state index < -0.39 is 0 Å². The second-order valence-electron chi connectivity index (χ2n) is 5.12. The van der Waals surface area contributed by atoms with Gasteiger partial charge in [0.1, 0.15) is 5.15 Å². The van der Waals surface area contributed by atoms with E-state index in [2.05, 4.69) is 22.9 Å². The average Bonchev–Trinajstić information content (AvgIpc) is 2.39.